The summed E-state index contributed by atoms with van der Waals surface area (Å²) in [5.74, 6) is 0. The second-order valence-electron chi connectivity index (χ2n) is 3.55. The highest BCUT2D eigenvalue weighted by Crippen LogP contribution is 2.04. The van der Waals surface area contributed by atoms with Gasteiger partial charge in [0.15, 0.2) is 0 Å². The topological polar surface area (TPSA) is 24.1 Å². The van der Waals surface area contributed by atoms with E-state index in [1.54, 1.807) is 0 Å². The Hall–Kier alpha value is -0.920. The van der Waals surface area contributed by atoms with Crippen LogP contribution in [0.25, 0.3) is 0 Å². The average Bonchev–Trinajstić information content (AvgIpc) is 2.22. The molecule has 0 aromatic carbocycles. The van der Waals surface area contributed by atoms with Gasteiger partial charge in [-0.3, -0.25) is 0 Å². The van der Waals surface area contributed by atoms with Crippen LogP contribution in [0.4, 0.5) is 0 Å². The van der Waals surface area contributed by atoms with Gasteiger partial charge < -0.3 is 10.6 Å². The van der Waals surface area contributed by atoms with E-state index >= 15 is 0 Å². The van der Waals surface area contributed by atoms with E-state index in [0.29, 0.717) is 0 Å². The monoisotopic (exact) mass is 180 g/mol. The van der Waals surface area contributed by atoms with Gasteiger partial charge in [0, 0.05) is 13.1 Å². The van der Waals surface area contributed by atoms with Crippen molar-refractivity contribution in [2.24, 2.45) is 0 Å². The highest BCUT2D eigenvalue weighted by molar-refractivity contribution is 4.99. The predicted molar refractivity (Wildman–Crippen MR) is 57.4 cm³/mol. The molecule has 2 N–H and O–H groups in total. The minimum Gasteiger partial charge on any atom is -0.391 e. The molecule has 0 unspecified atom stereocenters. The smallest absolute Gasteiger partial charge is 0.0144 e. The lowest BCUT2D eigenvalue weighted by molar-refractivity contribution is 0.699. The molecule has 0 aliphatic carbocycles. The lowest BCUT2D eigenvalue weighted by Crippen LogP contribution is -2.12. The summed E-state index contributed by atoms with van der Waals surface area (Å²) in [5, 5.41) is 6.28. The molecule has 2 rings (SSSR count). The summed E-state index contributed by atoms with van der Waals surface area (Å²) >= 11 is 0. The van der Waals surface area contributed by atoms with Crippen molar-refractivity contribution < 1.29 is 0 Å². The first-order valence-corrected chi connectivity index (χ1v) is 5.17. The summed E-state index contributed by atoms with van der Waals surface area (Å²) < 4.78 is 0. The van der Waals surface area contributed by atoms with Crippen molar-refractivity contribution in [3.63, 3.8) is 0 Å². The van der Waals surface area contributed by atoms with Crippen LogP contribution in [0.15, 0.2) is 24.0 Å². The van der Waals surface area contributed by atoms with Crippen molar-refractivity contribution in [2.45, 2.75) is 32.6 Å². The van der Waals surface area contributed by atoms with E-state index in [1.807, 2.05) is 6.20 Å². The van der Waals surface area contributed by atoms with Crippen molar-refractivity contribution in [3.8, 4) is 0 Å². The Balaban J connectivity index is 0.000000132. The Morgan fingerprint density at radius 2 is 2.00 bits per heavy atom. The molecule has 2 heteroatoms. The first-order chi connectivity index (χ1) is 6.39. The molecule has 2 heterocycles. The van der Waals surface area contributed by atoms with E-state index in [9.17, 15) is 0 Å². The number of rotatable bonds is 0. The minimum atomic E-state index is 1.16. The van der Waals surface area contributed by atoms with Gasteiger partial charge >= 0.3 is 0 Å². The number of nitrogens with one attached hydrogen (secondary N) is 2. The van der Waals surface area contributed by atoms with Gasteiger partial charge in [0.05, 0.1) is 0 Å². The number of hydrogen-bond donors (Lipinski definition) is 2. The van der Waals surface area contributed by atoms with Crippen LogP contribution in [0.2, 0.25) is 0 Å². The fraction of sp³-hybridized carbons (Fsp3) is 0.636. The van der Waals surface area contributed by atoms with Crippen molar-refractivity contribution in [3.05, 3.63) is 24.0 Å². The molecule has 74 valence electrons. The molecule has 0 saturated heterocycles. The molecule has 2 aliphatic rings. The van der Waals surface area contributed by atoms with Crippen LogP contribution in [-0.2, 0) is 0 Å². The Bertz CT molecular complexity index is 175. The first-order valence-electron chi connectivity index (χ1n) is 5.17. The molecule has 0 bridgehead atoms. The Morgan fingerprint density at radius 3 is 2.23 bits per heavy atom. The molecule has 2 nitrogen and oxygen atoms in total. The third-order valence-electron chi connectivity index (χ3n) is 2.17. The highest BCUT2D eigenvalue weighted by Gasteiger charge is 1.93. The van der Waals surface area contributed by atoms with Crippen LogP contribution < -0.4 is 10.6 Å². The quantitative estimate of drug-likeness (QED) is 0.597. The van der Waals surface area contributed by atoms with E-state index in [4.69, 9.17) is 0 Å². The van der Waals surface area contributed by atoms with Crippen LogP contribution in [0, 0.1) is 0 Å². The number of hydrogen-bond acceptors (Lipinski definition) is 2. The van der Waals surface area contributed by atoms with Gasteiger partial charge in [-0.1, -0.05) is 11.6 Å². The second kappa shape index (κ2) is 6.58. The lowest BCUT2D eigenvalue weighted by atomic mass is 10.1. The largest absolute Gasteiger partial charge is 0.391 e. The average molecular weight is 180 g/mol. The molecule has 0 fully saturated rings. The molecule has 13 heavy (non-hydrogen) atoms. The van der Waals surface area contributed by atoms with E-state index in [-0.39, 0.29) is 0 Å². The van der Waals surface area contributed by atoms with Crippen LogP contribution in [0.3, 0.4) is 0 Å². The zero-order chi connectivity index (χ0) is 9.36. The summed E-state index contributed by atoms with van der Waals surface area (Å²) in [4.78, 5) is 0. The van der Waals surface area contributed by atoms with Crippen molar-refractivity contribution >= 4 is 0 Å². The summed E-state index contributed by atoms with van der Waals surface area (Å²) in [6, 6.07) is 0. The fourth-order valence-corrected chi connectivity index (χ4v) is 1.36. The van der Waals surface area contributed by atoms with Crippen molar-refractivity contribution in [1.82, 2.24) is 10.6 Å². The van der Waals surface area contributed by atoms with Gasteiger partial charge in [-0.15, -0.1) is 0 Å². The summed E-state index contributed by atoms with van der Waals surface area (Å²) in [6.45, 7) is 4.49. The van der Waals surface area contributed by atoms with Crippen molar-refractivity contribution in [2.75, 3.05) is 13.1 Å². The van der Waals surface area contributed by atoms with E-state index in [0.717, 1.165) is 13.1 Å². The first kappa shape index (κ1) is 10.2. The van der Waals surface area contributed by atoms with Gasteiger partial charge in [-0.25, -0.2) is 0 Å². The summed E-state index contributed by atoms with van der Waals surface area (Å²) in [6.07, 6.45) is 11.4. The van der Waals surface area contributed by atoms with Crippen LogP contribution in [-0.4, -0.2) is 13.1 Å². The Kier molecular flexibility index (Phi) is 5.14. The van der Waals surface area contributed by atoms with Crippen LogP contribution >= 0.6 is 0 Å². The van der Waals surface area contributed by atoms with Gasteiger partial charge in [0.1, 0.15) is 0 Å². The highest BCUT2D eigenvalue weighted by atomic mass is 14.8. The predicted octanol–water partition coefficient (Wildman–Crippen LogP) is 2.16. The molecule has 0 spiro atoms. The molecular weight excluding hydrogens is 160 g/mol. The molecular formula is C11H20N2. The Labute approximate surface area is 81.1 Å². The summed E-state index contributed by atoms with van der Waals surface area (Å²) in [5.41, 5.74) is 1.48. The third kappa shape index (κ3) is 5.34. The van der Waals surface area contributed by atoms with E-state index < -0.39 is 0 Å². The van der Waals surface area contributed by atoms with Gasteiger partial charge in [-0.05, 0) is 45.0 Å². The molecule has 0 radical (unpaired) electrons. The van der Waals surface area contributed by atoms with Crippen LogP contribution in [0.1, 0.15) is 32.6 Å². The molecule has 0 saturated carbocycles. The molecule has 0 amide bonds. The van der Waals surface area contributed by atoms with E-state index in [2.05, 4.69) is 29.8 Å². The van der Waals surface area contributed by atoms with Gasteiger partial charge in [-0.2, -0.15) is 0 Å². The zero-order valence-corrected chi connectivity index (χ0v) is 8.47. The molecule has 0 aromatic rings. The van der Waals surface area contributed by atoms with Gasteiger partial charge in [0.2, 0.25) is 0 Å². The van der Waals surface area contributed by atoms with E-state index in [1.165, 1.54) is 31.3 Å². The minimum absolute atomic E-state index is 1.16. The second-order valence-corrected chi connectivity index (χ2v) is 3.55. The zero-order valence-electron chi connectivity index (χ0n) is 8.47. The SMILES string of the molecule is C1=CNCCC1.CC1=CNCCC1. The standard InChI is InChI=1S/C6H11N.C5H9N/c1-6-3-2-4-7-5-6;1-2-4-6-5-3-1/h5,7H,2-4H2,1H3;2,4,6H,1,3,5H2. The third-order valence-corrected chi connectivity index (χ3v) is 2.17. The maximum Gasteiger partial charge on any atom is 0.0144 e. The maximum atomic E-state index is 3.17. The van der Waals surface area contributed by atoms with Crippen LogP contribution in [0.5, 0.6) is 0 Å². The fourth-order valence-electron chi connectivity index (χ4n) is 1.36. The maximum absolute atomic E-state index is 3.17. The van der Waals surface area contributed by atoms with Crippen molar-refractivity contribution in [1.29, 1.82) is 0 Å². The Morgan fingerprint density at radius 1 is 1.15 bits per heavy atom. The number of allylic oxidation sites excluding steroid dienone is 2. The lowest BCUT2D eigenvalue weighted by Gasteiger charge is -2.08. The molecule has 0 aromatic heterocycles. The van der Waals surface area contributed by atoms with Gasteiger partial charge in [0.25, 0.3) is 0 Å². The molecule has 0 atom stereocenters. The normalized spacial score (nSPS) is 20.2. The molecule has 2 aliphatic heterocycles. The summed E-state index contributed by atoms with van der Waals surface area (Å²) in [7, 11) is 0.